The summed E-state index contributed by atoms with van der Waals surface area (Å²) in [4.78, 5) is 2.36. The molecule has 2 nitrogen and oxygen atoms in total. The highest BCUT2D eigenvalue weighted by molar-refractivity contribution is 5.47. The molecule has 2 N–H and O–H groups in total. The van der Waals surface area contributed by atoms with Crippen molar-refractivity contribution < 1.29 is 0 Å². The maximum atomic E-state index is 5.67. The molecule has 1 saturated carbocycles. The average molecular weight is 218 g/mol. The molecule has 0 aliphatic heterocycles. The normalized spacial score (nSPS) is 17.2. The van der Waals surface area contributed by atoms with E-state index in [0.29, 0.717) is 5.41 Å². The van der Waals surface area contributed by atoms with Gasteiger partial charge in [0.25, 0.3) is 0 Å². The third-order valence-corrected chi connectivity index (χ3v) is 3.68. The standard InChI is InChI=1S/C14H22N2/c1-12-3-5-13(6-4-12)16(2)11-14(7-8-14)9-10-15/h3-6H,7-11,15H2,1-2H3. The van der Waals surface area contributed by atoms with Crippen LogP contribution in [0.2, 0.25) is 0 Å². The lowest BCUT2D eigenvalue weighted by Crippen LogP contribution is -2.28. The van der Waals surface area contributed by atoms with E-state index in [4.69, 9.17) is 5.73 Å². The maximum Gasteiger partial charge on any atom is 0.0363 e. The summed E-state index contributed by atoms with van der Waals surface area (Å²) in [5.41, 5.74) is 8.83. The van der Waals surface area contributed by atoms with E-state index in [1.54, 1.807) is 0 Å². The molecule has 0 aromatic heterocycles. The third-order valence-electron chi connectivity index (χ3n) is 3.68. The molecular weight excluding hydrogens is 196 g/mol. The number of rotatable bonds is 5. The summed E-state index contributed by atoms with van der Waals surface area (Å²) in [6.45, 7) is 4.09. The SMILES string of the molecule is Cc1ccc(N(C)CC2(CCN)CC2)cc1. The fourth-order valence-electron chi connectivity index (χ4n) is 2.36. The number of nitrogens with two attached hydrogens (primary N) is 1. The highest BCUT2D eigenvalue weighted by Gasteiger charge is 2.42. The second kappa shape index (κ2) is 4.46. The van der Waals surface area contributed by atoms with Crippen molar-refractivity contribution in [3.05, 3.63) is 29.8 Å². The zero-order chi connectivity index (χ0) is 11.6. The van der Waals surface area contributed by atoms with Crippen LogP contribution >= 0.6 is 0 Å². The van der Waals surface area contributed by atoms with E-state index in [2.05, 4.69) is 43.1 Å². The van der Waals surface area contributed by atoms with Gasteiger partial charge in [0, 0.05) is 19.3 Å². The smallest absolute Gasteiger partial charge is 0.0363 e. The lowest BCUT2D eigenvalue weighted by Gasteiger charge is -2.25. The molecule has 0 spiro atoms. The molecule has 1 aromatic carbocycles. The van der Waals surface area contributed by atoms with Crippen LogP contribution in [0.1, 0.15) is 24.8 Å². The van der Waals surface area contributed by atoms with E-state index < -0.39 is 0 Å². The fourth-order valence-corrected chi connectivity index (χ4v) is 2.36. The summed E-state index contributed by atoms with van der Waals surface area (Å²) in [6, 6.07) is 8.75. The first-order valence-electron chi connectivity index (χ1n) is 6.13. The van der Waals surface area contributed by atoms with Gasteiger partial charge in [-0.25, -0.2) is 0 Å². The van der Waals surface area contributed by atoms with Crippen LogP contribution in [0.3, 0.4) is 0 Å². The van der Waals surface area contributed by atoms with Crippen LogP contribution in [0, 0.1) is 12.3 Å². The monoisotopic (exact) mass is 218 g/mol. The predicted molar refractivity (Wildman–Crippen MR) is 69.8 cm³/mol. The Kier molecular flexibility index (Phi) is 3.20. The summed E-state index contributed by atoms with van der Waals surface area (Å²) >= 11 is 0. The molecule has 2 rings (SSSR count). The van der Waals surface area contributed by atoms with Gasteiger partial charge in [-0.2, -0.15) is 0 Å². The summed E-state index contributed by atoms with van der Waals surface area (Å²) in [5, 5.41) is 0. The number of hydrogen-bond donors (Lipinski definition) is 1. The number of aryl methyl sites for hydroxylation is 1. The second-order valence-electron chi connectivity index (χ2n) is 5.23. The van der Waals surface area contributed by atoms with Crippen LogP contribution in [0.5, 0.6) is 0 Å². The first-order chi connectivity index (χ1) is 7.65. The Morgan fingerprint density at radius 3 is 2.38 bits per heavy atom. The minimum atomic E-state index is 0.522. The number of nitrogens with zero attached hydrogens (tertiary/aromatic N) is 1. The van der Waals surface area contributed by atoms with Crippen LogP contribution in [-0.4, -0.2) is 20.1 Å². The first kappa shape index (κ1) is 11.5. The van der Waals surface area contributed by atoms with Crippen molar-refractivity contribution in [2.45, 2.75) is 26.2 Å². The molecule has 88 valence electrons. The molecule has 0 amide bonds. The Bertz CT molecular complexity index is 338. The molecule has 1 aliphatic carbocycles. The molecule has 0 unspecified atom stereocenters. The maximum absolute atomic E-state index is 5.67. The molecule has 1 fully saturated rings. The van der Waals surface area contributed by atoms with Crippen molar-refractivity contribution in [1.82, 2.24) is 0 Å². The number of benzene rings is 1. The van der Waals surface area contributed by atoms with E-state index in [9.17, 15) is 0 Å². The van der Waals surface area contributed by atoms with Gasteiger partial charge >= 0.3 is 0 Å². The van der Waals surface area contributed by atoms with Gasteiger partial charge in [-0.05, 0) is 50.3 Å². The van der Waals surface area contributed by atoms with Crippen LogP contribution in [0.15, 0.2) is 24.3 Å². The average Bonchev–Trinajstić information content (AvgIpc) is 2.99. The van der Waals surface area contributed by atoms with Gasteiger partial charge in [0.05, 0.1) is 0 Å². The van der Waals surface area contributed by atoms with Crippen molar-refractivity contribution in [3.63, 3.8) is 0 Å². The van der Waals surface area contributed by atoms with Crippen LogP contribution in [0.4, 0.5) is 5.69 Å². The predicted octanol–water partition coefficient (Wildman–Crippen LogP) is 2.56. The Labute approximate surface area is 98.4 Å². The molecule has 0 heterocycles. The van der Waals surface area contributed by atoms with Crippen molar-refractivity contribution in [2.75, 3.05) is 25.0 Å². The summed E-state index contributed by atoms with van der Waals surface area (Å²) in [6.07, 6.45) is 3.87. The first-order valence-corrected chi connectivity index (χ1v) is 6.13. The molecule has 0 radical (unpaired) electrons. The van der Waals surface area contributed by atoms with Gasteiger partial charge in [-0.3, -0.25) is 0 Å². The van der Waals surface area contributed by atoms with Gasteiger partial charge in [-0.15, -0.1) is 0 Å². The molecule has 0 saturated heterocycles. The zero-order valence-electron chi connectivity index (χ0n) is 10.4. The van der Waals surface area contributed by atoms with E-state index >= 15 is 0 Å². The molecule has 1 aromatic rings. The highest BCUT2D eigenvalue weighted by Crippen LogP contribution is 2.49. The molecule has 0 atom stereocenters. The quantitative estimate of drug-likeness (QED) is 0.823. The Morgan fingerprint density at radius 2 is 1.88 bits per heavy atom. The van der Waals surface area contributed by atoms with E-state index in [-0.39, 0.29) is 0 Å². The number of anilines is 1. The fraction of sp³-hybridized carbons (Fsp3) is 0.571. The van der Waals surface area contributed by atoms with Crippen molar-refractivity contribution >= 4 is 5.69 Å². The summed E-state index contributed by atoms with van der Waals surface area (Å²) in [7, 11) is 2.18. The Hall–Kier alpha value is -1.02. The highest BCUT2D eigenvalue weighted by atomic mass is 15.1. The van der Waals surface area contributed by atoms with Gasteiger partial charge in [-0.1, -0.05) is 17.7 Å². The molecule has 16 heavy (non-hydrogen) atoms. The summed E-state index contributed by atoms with van der Waals surface area (Å²) < 4.78 is 0. The minimum Gasteiger partial charge on any atom is -0.374 e. The van der Waals surface area contributed by atoms with E-state index in [1.165, 1.54) is 30.5 Å². The molecular formula is C14H22N2. The van der Waals surface area contributed by atoms with Crippen molar-refractivity contribution in [3.8, 4) is 0 Å². The van der Waals surface area contributed by atoms with Crippen LogP contribution in [-0.2, 0) is 0 Å². The zero-order valence-corrected chi connectivity index (χ0v) is 10.4. The molecule has 2 heteroatoms. The topological polar surface area (TPSA) is 29.3 Å². The lowest BCUT2D eigenvalue weighted by atomic mass is 10.0. The van der Waals surface area contributed by atoms with Crippen LogP contribution < -0.4 is 10.6 Å². The number of hydrogen-bond acceptors (Lipinski definition) is 2. The van der Waals surface area contributed by atoms with Gasteiger partial charge in [0.2, 0.25) is 0 Å². The second-order valence-corrected chi connectivity index (χ2v) is 5.23. The molecule has 0 bridgehead atoms. The largest absolute Gasteiger partial charge is 0.374 e. The van der Waals surface area contributed by atoms with Gasteiger partial charge in [0.15, 0.2) is 0 Å². The lowest BCUT2D eigenvalue weighted by molar-refractivity contribution is 0.475. The van der Waals surface area contributed by atoms with Crippen molar-refractivity contribution in [2.24, 2.45) is 11.1 Å². The Balaban J connectivity index is 1.97. The van der Waals surface area contributed by atoms with Gasteiger partial charge in [0.1, 0.15) is 0 Å². The minimum absolute atomic E-state index is 0.522. The third kappa shape index (κ3) is 2.56. The Morgan fingerprint density at radius 1 is 1.25 bits per heavy atom. The van der Waals surface area contributed by atoms with E-state index in [0.717, 1.165) is 13.1 Å². The van der Waals surface area contributed by atoms with E-state index in [1.807, 2.05) is 0 Å². The molecule has 1 aliphatic rings. The summed E-state index contributed by atoms with van der Waals surface area (Å²) in [5.74, 6) is 0. The van der Waals surface area contributed by atoms with Crippen LogP contribution in [0.25, 0.3) is 0 Å². The van der Waals surface area contributed by atoms with Gasteiger partial charge < -0.3 is 10.6 Å². The van der Waals surface area contributed by atoms with Crippen molar-refractivity contribution in [1.29, 1.82) is 0 Å².